The summed E-state index contributed by atoms with van der Waals surface area (Å²) in [5, 5.41) is 11.7. The van der Waals surface area contributed by atoms with Crippen LogP contribution in [0.2, 0.25) is 0 Å². The lowest BCUT2D eigenvalue weighted by Gasteiger charge is -1.88. The first-order valence-electron chi connectivity index (χ1n) is 2.75. The van der Waals surface area contributed by atoms with Gasteiger partial charge >= 0.3 is 5.97 Å². The second kappa shape index (κ2) is 2.22. The number of halogens is 1. The molecule has 5 nitrogen and oxygen atoms in total. The lowest BCUT2D eigenvalue weighted by molar-refractivity contribution is 0.0685. The molecular formula is C5H6FN3O2. The summed E-state index contributed by atoms with van der Waals surface area (Å²) < 4.78 is 13.7. The Hall–Kier alpha value is -1.59. The molecule has 0 saturated heterocycles. The predicted octanol–water partition coefficient (Wildman–Crippen LogP) is -0.160. The van der Waals surface area contributed by atoms with Crippen LogP contribution in [0.4, 0.5) is 10.2 Å². The van der Waals surface area contributed by atoms with Crippen molar-refractivity contribution in [2.45, 2.75) is 0 Å². The van der Waals surface area contributed by atoms with Crippen LogP contribution in [0.3, 0.4) is 0 Å². The molecular weight excluding hydrogens is 153 g/mol. The van der Waals surface area contributed by atoms with Crippen LogP contribution >= 0.6 is 0 Å². The van der Waals surface area contributed by atoms with Crippen molar-refractivity contribution in [2.24, 2.45) is 7.05 Å². The van der Waals surface area contributed by atoms with Gasteiger partial charge in [-0.3, -0.25) is 0 Å². The lowest BCUT2D eigenvalue weighted by atomic mass is 10.4. The van der Waals surface area contributed by atoms with E-state index in [9.17, 15) is 9.18 Å². The van der Waals surface area contributed by atoms with Crippen molar-refractivity contribution in [3.05, 3.63) is 11.5 Å². The second-order valence-electron chi connectivity index (χ2n) is 1.98. The molecule has 0 radical (unpaired) electrons. The minimum Gasteiger partial charge on any atom is -0.476 e. The van der Waals surface area contributed by atoms with Crippen LogP contribution < -0.4 is 5.73 Å². The first kappa shape index (κ1) is 7.52. The van der Waals surface area contributed by atoms with Gasteiger partial charge in [0.05, 0.1) is 0 Å². The highest BCUT2D eigenvalue weighted by atomic mass is 19.1. The standard InChI is InChI=1S/C5H6FN3O2/c1-9-4(7)2(6)3(8-9)5(10)11/h7H2,1H3,(H,10,11). The second-order valence-corrected chi connectivity index (χ2v) is 1.98. The fourth-order valence-electron chi connectivity index (χ4n) is 0.648. The molecule has 0 bridgehead atoms. The summed E-state index contributed by atoms with van der Waals surface area (Å²) in [6.45, 7) is 0. The molecule has 11 heavy (non-hydrogen) atoms. The molecule has 0 aliphatic rings. The van der Waals surface area contributed by atoms with E-state index in [1.807, 2.05) is 0 Å². The van der Waals surface area contributed by atoms with E-state index < -0.39 is 17.5 Å². The molecule has 0 spiro atoms. The molecule has 1 aromatic rings. The van der Waals surface area contributed by atoms with Crippen LogP contribution in [0.1, 0.15) is 10.5 Å². The Labute approximate surface area is 61.2 Å². The zero-order valence-corrected chi connectivity index (χ0v) is 5.71. The number of aromatic nitrogens is 2. The number of anilines is 1. The van der Waals surface area contributed by atoms with E-state index in [-0.39, 0.29) is 5.82 Å². The Kier molecular flexibility index (Phi) is 1.52. The van der Waals surface area contributed by atoms with Gasteiger partial charge in [-0.2, -0.15) is 5.10 Å². The third kappa shape index (κ3) is 1.02. The Morgan fingerprint density at radius 2 is 2.36 bits per heavy atom. The minimum absolute atomic E-state index is 0.276. The maximum atomic E-state index is 12.7. The van der Waals surface area contributed by atoms with Crippen molar-refractivity contribution in [1.29, 1.82) is 0 Å². The van der Waals surface area contributed by atoms with Crippen LogP contribution in [0, 0.1) is 5.82 Å². The topological polar surface area (TPSA) is 81.1 Å². The number of nitrogens with zero attached hydrogens (tertiary/aromatic N) is 2. The molecule has 0 unspecified atom stereocenters. The van der Waals surface area contributed by atoms with Crippen molar-refractivity contribution in [2.75, 3.05) is 5.73 Å². The van der Waals surface area contributed by atoms with Gasteiger partial charge in [-0.05, 0) is 0 Å². The maximum absolute atomic E-state index is 12.7. The van der Waals surface area contributed by atoms with Gasteiger partial charge in [0.25, 0.3) is 0 Å². The summed E-state index contributed by atoms with van der Waals surface area (Å²) in [5.41, 5.74) is 4.45. The van der Waals surface area contributed by atoms with Crippen molar-refractivity contribution in [1.82, 2.24) is 9.78 Å². The summed E-state index contributed by atoms with van der Waals surface area (Å²) in [5.74, 6) is -2.68. The smallest absolute Gasteiger partial charge is 0.359 e. The molecule has 0 saturated carbocycles. The van der Waals surface area contributed by atoms with Gasteiger partial charge in [0.2, 0.25) is 5.69 Å². The van der Waals surface area contributed by atoms with Crippen molar-refractivity contribution in [3.63, 3.8) is 0 Å². The van der Waals surface area contributed by atoms with Gasteiger partial charge in [-0.1, -0.05) is 0 Å². The quantitative estimate of drug-likeness (QED) is 0.596. The number of hydrogen-bond acceptors (Lipinski definition) is 3. The highest BCUT2D eigenvalue weighted by molar-refractivity contribution is 5.86. The first-order valence-corrected chi connectivity index (χ1v) is 2.75. The summed E-state index contributed by atoms with van der Waals surface area (Å²) in [7, 11) is 1.37. The number of carboxylic acid groups (broad SMARTS) is 1. The van der Waals surface area contributed by atoms with Gasteiger partial charge in [0.15, 0.2) is 11.6 Å². The Morgan fingerprint density at radius 1 is 1.82 bits per heavy atom. The van der Waals surface area contributed by atoms with E-state index in [0.29, 0.717) is 0 Å². The van der Waals surface area contributed by atoms with E-state index in [1.165, 1.54) is 7.05 Å². The van der Waals surface area contributed by atoms with Crippen LogP contribution in [-0.2, 0) is 7.05 Å². The molecule has 6 heteroatoms. The first-order chi connectivity index (χ1) is 5.04. The molecule has 3 N–H and O–H groups in total. The van der Waals surface area contributed by atoms with Gasteiger partial charge in [-0.15, -0.1) is 0 Å². The Balaban J connectivity index is 3.29. The fourth-order valence-corrected chi connectivity index (χ4v) is 0.648. The number of carbonyl (C=O) groups is 1. The summed E-state index contributed by atoms with van der Waals surface area (Å²) in [6, 6.07) is 0. The van der Waals surface area contributed by atoms with E-state index in [1.54, 1.807) is 0 Å². The number of aryl methyl sites for hydroxylation is 1. The van der Waals surface area contributed by atoms with Gasteiger partial charge in [-0.25, -0.2) is 13.9 Å². The average Bonchev–Trinajstić information content (AvgIpc) is 2.17. The van der Waals surface area contributed by atoms with E-state index >= 15 is 0 Å². The Bertz CT molecular complexity index is 307. The summed E-state index contributed by atoms with van der Waals surface area (Å²) in [4.78, 5) is 10.2. The normalized spacial score (nSPS) is 10.0. The van der Waals surface area contributed by atoms with Crippen LogP contribution in [0.5, 0.6) is 0 Å². The molecule has 0 atom stereocenters. The summed E-state index contributed by atoms with van der Waals surface area (Å²) in [6.07, 6.45) is 0. The predicted molar refractivity (Wildman–Crippen MR) is 34.5 cm³/mol. The van der Waals surface area contributed by atoms with E-state index in [2.05, 4.69) is 5.10 Å². The minimum atomic E-state index is -1.42. The lowest BCUT2D eigenvalue weighted by Crippen LogP contribution is -2.00. The molecule has 1 heterocycles. The number of nitrogens with two attached hydrogens (primary N) is 1. The zero-order chi connectivity index (χ0) is 8.59. The SMILES string of the molecule is Cn1nc(C(=O)O)c(F)c1N. The molecule has 0 amide bonds. The molecule has 0 aliphatic heterocycles. The van der Waals surface area contributed by atoms with Crippen LogP contribution in [0.15, 0.2) is 0 Å². The number of aromatic carboxylic acids is 1. The highest BCUT2D eigenvalue weighted by Gasteiger charge is 2.18. The van der Waals surface area contributed by atoms with Crippen molar-refractivity contribution >= 4 is 11.8 Å². The van der Waals surface area contributed by atoms with E-state index in [0.717, 1.165) is 4.68 Å². The molecule has 0 aliphatic carbocycles. The number of carboxylic acids is 1. The number of nitrogen functional groups attached to an aromatic ring is 1. The molecule has 0 fully saturated rings. The third-order valence-electron chi connectivity index (χ3n) is 1.23. The van der Waals surface area contributed by atoms with Crippen molar-refractivity contribution < 1.29 is 14.3 Å². The van der Waals surface area contributed by atoms with Crippen molar-refractivity contribution in [3.8, 4) is 0 Å². The monoisotopic (exact) mass is 159 g/mol. The van der Waals surface area contributed by atoms with Gasteiger partial charge in [0, 0.05) is 7.05 Å². The number of rotatable bonds is 1. The van der Waals surface area contributed by atoms with Crippen LogP contribution in [-0.4, -0.2) is 20.9 Å². The Morgan fingerprint density at radius 3 is 2.55 bits per heavy atom. The van der Waals surface area contributed by atoms with Gasteiger partial charge in [0.1, 0.15) is 0 Å². The van der Waals surface area contributed by atoms with Crippen LogP contribution in [0.25, 0.3) is 0 Å². The number of hydrogen-bond donors (Lipinski definition) is 2. The molecule has 60 valence electrons. The average molecular weight is 159 g/mol. The van der Waals surface area contributed by atoms with E-state index in [4.69, 9.17) is 10.8 Å². The highest BCUT2D eigenvalue weighted by Crippen LogP contribution is 2.12. The molecule has 1 aromatic heterocycles. The zero-order valence-electron chi connectivity index (χ0n) is 5.71. The molecule has 1 rings (SSSR count). The summed E-state index contributed by atoms with van der Waals surface area (Å²) >= 11 is 0. The maximum Gasteiger partial charge on any atom is 0.359 e. The third-order valence-corrected chi connectivity index (χ3v) is 1.23. The fraction of sp³-hybridized carbons (Fsp3) is 0.200. The molecule has 0 aromatic carbocycles. The largest absolute Gasteiger partial charge is 0.476 e. The van der Waals surface area contributed by atoms with Gasteiger partial charge < -0.3 is 10.8 Å².